The van der Waals surface area contributed by atoms with Crippen molar-refractivity contribution in [3.8, 4) is 0 Å². The summed E-state index contributed by atoms with van der Waals surface area (Å²) in [6.45, 7) is 6.49. The Labute approximate surface area is 108 Å². The van der Waals surface area contributed by atoms with E-state index in [4.69, 9.17) is 4.52 Å². The van der Waals surface area contributed by atoms with Crippen LogP contribution in [0.1, 0.15) is 11.7 Å². The molecular weight excluding hydrogens is 230 g/mol. The molecule has 2 heterocycles. The van der Waals surface area contributed by atoms with Crippen molar-refractivity contribution >= 4 is 0 Å². The molecule has 1 aliphatic rings. The average Bonchev–Trinajstić information content (AvgIpc) is 2.84. The van der Waals surface area contributed by atoms with Crippen molar-refractivity contribution in [3.63, 3.8) is 0 Å². The highest BCUT2D eigenvalue weighted by molar-refractivity contribution is 4.88. The van der Waals surface area contributed by atoms with Crippen molar-refractivity contribution in [1.82, 2.24) is 25.3 Å². The summed E-state index contributed by atoms with van der Waals surface area (Å²) < 4.78 is 5.20. The Morgan fingerprint density at radius 2 is 2.00 bits per heavy atom. The molecule has 0 unspecified atom stereocenters. The molecule has 0 aromatic carbocycles. The maximum atomic E-state index is 5.20. The van der Waals surface area contributed by atoms with Crippen LogP contribution < -0.4 is 5.32 Å². The standard InChI is InChI=1S/C12H23N5O/c1-13-5-3-12-14-11(15-18-12)4-6-17-9-7-16(2)8-10-17/h13H,3-10H2,1-2H3. The van der Waals surface area contributed by atoms with E-state index in [-0.39, 0.29) is 0 Å². The quantitative estimate of drug-likeness (QED) is 0.746. The number of likely N-dealkylation sites (N-methyl/N-ethyl adjacent to an activating group) is 2. The Hall–Kier alpha value is -0.980. The molecule has 0 radical (unpaired) electrons. The lowest BCUT2D eigenvalue weighted by Crippen LogP contribution is -2.45. The Balaban J connectivity index is 1.71. The van der Waals surface area contributed by atoms with E-state index in [0.29, 0.717) is 0 Å². The summed E-state index contributed by atoms with van der Waals surface area (Å²) in [7, 11) is 4.09. The van der Waals surface area contributed by atoms with Crippen molar-refractivity contribution in [3.05, 3.63) is 11.7 Å². The van der Waals surface area contributed by atoms with E-state index in [1.54, 1.807) is 0 Å². The van der Waals surface area contributed by atoms with E-state index in [2.05, 4.69) is 32.3 Å². The summed E-state index contributed by atoms with van der Waals surface area (Å²) in [5.41, 5.74) is 0. The lowest BCUT2D eigenvalue weighted by molar-refractivity contribution is 0.154. The van der Waals surface area contributed by atoms with Crippen LogP contribution >= 0.6 is 0 Å². The van der Waals surface area contributed by atoms with Crippen molar-refractivity contribution in [2.75, 3.05) is 53.4 Å². The van der Waals surface area contributed by atoms with Crippen LogP contribution in [0.4, 0.5) is 0 Å². The molecule has 6 heteroatoms. The monoisotopic (exact) mass is 253 g/mol. The molecule has 1 aromatic heterocycles. The molecule has 0 aliphatic carbocycles. The largest absolute Gasteiger partial charge is 0.339 e. The van der Waals surface area contributed by atoms with E-state index in [9.17, 15) is 0 Å². The van der Waals surface area contributed by atoms with Gasteiger partial charge in [-0.15, -0.1) is 0 Å². The van der Waals surface area contributed by atoms with Gasteiger partial charge in [-0.2, -0.15) is 4.98 Å². The molecule has 1 N–H and O–H groups in total. The molecule has 0 saturated carbocycles. The first-order valence-electron chi connectivity index (χ1n) is 6.65. The number of hydrogen-bond acceptors (Lipinski definition) is 6. The molecule has 1 saturated heterocycles. The fraction of sp³-hybridized carbons (Fsp3) is 0.833. The van der Waals surface area contributed by atoms with Gasteiger partial charge in [0.25, 0.3) is 0 Å². The van der Waals surface area contributed by atoms with Crippen LogP contribution in [0.3, 0.4) is 0 Å². The Kier molecular flexibility index (Phi) is 5.10. The minimum Gasteiger partial charge on any atom is -0.339 e. The highest BCUT2D eigenvalue weighted by Crippen LogP contribution is 2.03. The second kappa shape index (κ2) is 6.82. The molecule has 1 aromatic rings. The van der Waals surface area contributed by atoms with Gasteiger partial charge in [-0.1, -0.05) is 5.16 Å². The maximum Gasteiger partial charge on any atom is 0.227 e. The van der Waals surface area contributed by atoms with Crippen LogP contribution in [0.25, 0.3) is 0 Å². The summed E-state index contributed by atoms with van der Waals surface area (Å²) in [6, 6.07) is 0. The number of nitrogens with one attached hydrogen (secondary N) is 1. The van der Waals surface area contributed by atoms with Gasteiger partial charge in [0.2, 0.25) is 5.89 Å². The van der Waals surface area contributed by atoms with E-state index in [1.807, 2.05) is 7.05 Å². The molecule has 0 atom stereocenters. The zero-order valence-electron chi connectivity index (χ0n) is 11.4. The van der Waals surface area contributed by atoms with E-state index >= 15 is 0 Å². The third-order valence-corrected chi connectivity index (χ3v) is 3.35. The second-order valence-electron chi connectivity index (χ2n) is 4.85. The average molecular weight is 253 g/mol. The molecule has 1 fully saturated rings. The number of hydrogen-bond donors (Lipinski definition) is 1. The first-order chi connectivity index (χ1) is 8.78. The van der Waals surface area contributed by atoms with Crippen molar-refractivity contribution < 1.29 is 4.52 Å². The second-order valence-corrected chi connectivity index (χ2v) is 4.85. The zero-order valence-corrected chi connectivity index (χ0v) is 11.4. The van der Waals surface area contributed by atoms with Gasteiger partial charge >= 0.3 is 0 Å². The number of aromatic nitrogens is 2. The van der Waals surface area contributed by atoms with Gasteiger partial charge in [0, 0.05) is 52.1 Å². The molecule has 0 amide bonds. The lowest BCUT2D eigenvalue weighted by Gasteiger charge is -2.31. The molecule has 18 heavy (non-hydrogen) atoms. The van der Waals surface area contributed by atoms with Gasteiger partial charge in [0.15, 0.2) is 5.82 Å². The van der Waals surface area contributed by atoms with Crippen molar-refractivity contribution in [2.45, 2.75) is 12.8 Å². The highest BCUT2D eigenvalue weighted by atomic mass is 16.5. The third kappa shape index (κ3) is 4.04. The van der Waals surface area contributed by atoms with Crippen LogP contribution in [-0.4, -0.2) is 73.3 Å². The minimum absolute atomic E-state index is 0.734. The Morgan fingerprint density at radius 3 is 2.72 bits per heavy atom. The molecule has 6 nitrogen and oxygen atoms in total. The Bertz CT molecular complexity index is 346. The molecule has 1 aliphatic heterocycles. The minimum atomic E-state index is 0.734. The summed E-state index contributed by atoms with van der Waals surface area (Å²) >= 11 is 0. The summed E-state index contributed by atoms with van der Waals surface area (Å²) in [6.07, 6.45) is 1.69. The SMILES string of the molecule is CNCCc1nc(CCN2CCN(C)CC2)no1. The van der Waals surface area contributed by atoms with Gasteiger partial charge in [-0.25, -0.2) is 0 Å². The van der Waals surface area contributed by atoms with Crippen molar-refractivity contribution in [1.29, 1.82) is 0 Å². The molecular formula is C12H23N5O. The topological polar surface area (TPSA) is 57.4 Å². The fourth-order valence-electron chi connectivity index (χ4n) is 2.05. The van der Waals surface area contributed by atoms with Crippen molar-refractivity contribution in [2.24, 2.45) is 0 Å². The maximum absolute atomic E-state index is 5.20. The summed E-state index contributed by atoms with van der Waals surface area (Å²) in [5.74, 6) is 1.57. The van der Waals surface area contributed by atoms with E-state index in [1.165, 1.54) is 0 Å². The Morgan fingerprint density at radius 1 is 1.22 bits per heavy atom. The first-order valence-corrected chi connectivity index (χ1v) is 6.65. The highest BCUT2D eigenvalue weighted by Gasteiger charge is 2.14. The van der Waals surface area contributed by atoms with Crippen LogP contribution in [0, 0.1) is 0 Å². The van der Waals surface area contributed by atoms with Gasteiger partial charge in [0.05, 0.1) is 0 Å². The zero-order chi connectivity index (χ0) is 12.8. The fourth-order valence-corrected chi connectivity index (χ4v) is 2.05. The van der Waals surface area contributed by atoms with Crippen LogP contribution in [-0.2, 0) is 12.8 Å². The molecule has 2 rings (SSSR count). The number of nitrogens with zero attached hydrogens (tertiary/aromatic N) is 4. The van der Waals surface area contributed by atoms with Crippen LogP contribution in [0.5, 0.6) is 0 Å². The van der Waals surface area contributed by atoms with Gasteiger partial charge < -0.3 is 19.6 Å². The molecule has 0 spiro atoms. The van der Waals surface area contributed by atoms with Gasteiger partial charge in [-0.3, -0.25) is 0 Å². The van der Waals surface area contributed by atoms with Gasteiger partial charge in [0.1, 0.15) is 0 Å². The molecule has 0 bridgehead atoms. The van der Waals surface area contributed by atoms with Crippen LogP contribution in [0.2, 0.25) is 0 Å². The van der Waals surface area contributed by atoms with E-state index in [0.717, 1.165) is 63.8 Å². The smallest absolute Gasteiger partial charge is 0.227 e. The molecule has 102 valence electrons. The number of rotatable bonds is 6. The summed E-state index contributed by atoms with van der Waals surface area (Å²) in [5, 5.41) is 7.09. The lowest BCUT2D eigenvalue weighted by atomic mass is 10.3. The van der Waals surface area contributed by atoms with Gasteiger partial charge in [-0.05, 0) is 14.1 Å². The normalized spacial score (nSPS) is 18.3. The third-order valence-electron chi connectivity index (χ3n) is 3.35. The number of piperazine rings is 1. The first kappa shape index (κ1) is 13.5. The predicted octanol–water partition coefficient (Wildman–Crippen LogP) is -0.379. The van der Waals surface area contributed by atoms with E-state index < -0.39 is 0 Å². The predicted molar refractivity (Wildman–Crippen MR) is 69.6 cm³/mol. The van der Waals surface area contributed by atoms with Crippen LogP contribution in [0.15, 0.2) is 4.52 Å². The summed E-state index contributed by atoms with van der Waals surface area (Å²) in [4.78, 5) is 9.22.